The van der Waals surface area contributed by atoms with Gasteiger partial charge in [-0.05, 0) is 49.9 Å². The first kappa shape index (κ1) is 38.8. The average Bonchev–Trinajstić information content (AvgIpc) is 3.55. The normalized spacial score (nSPS) is 16.1. The zero-order chi connectivity index (χ0) is 39.4. The Morgan fingerprint density at radius 3 is 2.44 bits per heavy atom. The van der Waals surface area contributed by atoms with Gasteiger partial charge in [0.05, 0.1) is 48.6 Å². The highest BCUT2D eigenvalue weighted by molar-refractivity contribution is 5.93. The second-order valence-electron chi connectivity index (χ2n) is 14.0. The minimum absolute atomic E-state index is 0.0295. The Balaban J connectivity index is 1.22. The van der Waals surface area contributed by atoms with Crippen LogP contribution in [0.3, 0.4) is 0 Å². The minimum Gasteiger partial charge on any atom is -0.458 e. The Morgan fingerprint density at radius 1 is 1.00 bits per heavy atom. The van der Waals surface area contributed by atoms with E-state index in [-0.39, 0.29) is 80.8 Å². The molecule has 4 heterocycles. The number of benzene rings is 2. The largest absolute Gasteiger partial charge is 0.458 e. The van der Waals surface area contributed by atoms with Gasteiger partial charge in [-0.1, -0.05) is 55.5 Å². The SMILES string of the molecule is CC[C@@]1(O)C(=O)OCc2c1cc1n(c2=O)Cc2c-1nc1ccccc1c2CCN(C(=O)CNC(=O)[C@H](Cc1ccccc1)NC(=O)CNC(=O)CN)C(C)C. The van der Waals surface area contributed by atoms with Crippen molar-refractivity contribution in [3.05, 3.63) is 98.8 Å². The van der Waals surface area contributed by atoms with Gasteiger partial charge in [-0.15, -0.1) is 0 Å². The number of hydrogen-bond acceptors (Lipinski definition) is 10. The third-order valence-corrected chi connectivity index (χ3v) is 10.2. The zero-order valence-electron chi connectivity index (χ0n) is 31.0. The molecule has 6 N–H and O–H groups in total. The maximum Gasteiger partial charge on any atom is 0.343 e. The van der Waals surface area contributed by atoms with Crippen LogP contribution in [0.15, 0.2) is 65.5 Å². The lowest BCUT2D eigenvalue weighted by Gasteiger charge is -2.31. The number of nitrogens with zero attached hydrogens (tertiary/aromatic N) is 3. The summed E-state index contributed by atoms with van der Waals surface area (Å²) in [5, 5.41) is 19.9. The van der Waals surface area contributed by atoms with Crippen molar-refractivity contribution in [3.63, 3.8) is 0 Å². The van der Waals surface area contributed by atoms with Gasteiger partial charge in [-0.3, -0.25) is 24.0 Å². The number of pyridine rings is 2. The number of amides is 4. The molecule has 4 aromatic rings. The van der Waals surface area contributed by atoms with Crippen LogP contribution in [0.2, 0.25) is 0 Å². The van der Waals surface area contributed by atoms with E-state index in [1.54, 1.807) is 22.5 Å². The van der Waals surface area contributed by atoms with Crippen LogP contribution in [-0.4, -0.2) is 87.4 Å². The summed E-state index contributed by atoms with van der Waals surface area (Å²) in [6.45, 7) is 4.68. The lowest BCUT2D eigenvalue weighted by molar-refractivity contribution is -0.172. The molecule has 2 atom stereocenters. The fourth-order valence-electron chi connectivity index (χ4n) is 7.24. The number of fused-ring (bicyclic) bond motifs is 5. The van der Waals surface area contributed by atoms with E-state index in [2.05, 4.69) is 16.0 Å². The minimum atomic E-state index is -1.95. The van der Waals surface area contributed by atoms with Crippen LogP contribution in [0.5, 0.6) is 0 Å². The second kappa shape index (κ2) is 16.2. The molecule has 15 heteroatoms. The van der Waals surface area contributed by atoms with Crippen molar-refractivity contribution >= 4 is 40.5 Å². The van der Waals surface area contributed by atoms with E-state index < -0.39 is 35.3 Å². The number of nitrogens with two attached hydrogens (primary N) is 1. The van der Waals surface area contributed by atoms with E-state index in [0.29, 0.717) is 23.3 Å². The summed E-state index contributed by atoms with van der Waals surface area (Å²) in [5.74, 6) is -2.80. The molecule has 0 spiro atoms. The Kier molecular flexibility index (Phi) is 11.4. The molecule has 2 aromatic heterocycles. The number of hydrogen-bond donors (Lipinski definition) is 5. The van der Waals surface area contributed by atoms with Gasteiger partial charge in [-0.25, -0.2) is 9.78 Å². The predicted octanol–water partition coefficient (Wildman–Crippen LogP) is 0.778. The van der Waals surface area contributed by atoms with Crippen molar-refractivity contribution in [1.29, 1.82) is 0 Å². The van der Waals surface area contributed by atoms with Crippen LogP contribution < -0.4 is 27.2 Å². The zero-order valence-corrected chi connectivity index (χ0v) is 31.0. The third-order valence-electron chi connectivity index (χ3n) is 10.2. The molecule has 15 nitrogen and oxygen atoms in total. The Bertz CT molecular complexity index is 2220. The molecule has 0 aliphatic carbocycles. The molecule has 0 unspecified atom stereocenters. The van der Waals surface area contributed by atoms with Gasteiger partial charge in [0.1, 0.15) is 12.6 Å². The van der Waals surface area contributed by atoms with Gasteiger partial charge in [-0.2, -0.15) is 0 Å². The van der Waals surface area contributed by atoms with Gasteiger partial charge in [0.2, 0.25) is 23.6 Å². The van der Waals surface area contributed by atoms with Crippen molar-refractivity contribution in [1.82, 2.24) is 30.4 Å². The number of rotatable bonds is 14. The van der Waals surface area contributed by atoms with Crippen molar-refractivity contribution in [2.24, 2.45) is 5.73 Å². The van der Waals surface area contributed by atoms with E-state index >= 15 is 0 Å². The topological polar surface area (TPSA) is 215 Å². The lowest BCUT2D eigenvalue weighted by Crippen LogP contribution is -2.53. The smallest absolute Gasteiger partial charge is 0.343 e. The van der Waals surface area contributed by atoms with E-state index in [9.17, 15) is 33.9 Å². The van der Waals surface area contributed by atoms with Crippen molar-refractivity contribution in [2.45, 2.75) is 70.9 Å². The number of cyclic esters (lactones) is 1. The fourth-order valence-corrected chi connectivity index (χ4v) is 7.24. The number of nitrogens with one attached hydrogen (secondary N) is 3. The number of carbonyl (C=O) groups is 5. The summed E-state index contributed by atoms with van der Waals surface area (Å²) < 4.78 is 6.81. The lowest BCUT2D eigenvalue weighted by atomic mass is 9.86. The van der Waals surface area contributed by atoms with Crippen LogP contribution in [0.4, 0.5) is 0 Å². The summed E-state index contributed by atoms with van der Waals surface area (Å²) >= 11 is 0. The Labute approximate surface area is 317 Å². The molecule has 288 valence electrons. The Hall–Kier alpha value is -5.93. The molecule has 4 amide bonds. The molecular weight excluding hydrogens is 706 g/mol. The maximum absolute atomic E-state index is 13.8. The van der Waals surface area contributed by atoms with E-state index in [0.717, 1.165) is 22.1 Å². The molecule has 0 fully saturated rings. The molecule has 2 aliphatic rings. The van der Waals surface area contributed by atoms with Crippen LogP contribution in [0, 0.1) is 0 Å². The first-order valence-electron chi connectivity index (χ1n) is 18.3. The summed E-state index contributed by atoms with van der Waals surface area (Å²) in [5.41, 5.74) is 7.68. The third kappa shape index (κ3) is 7.84. The molecule has 0 saturated carbocycles. The van der Waals surface area contributed by atoms with Crippen LogP contribution in [0.25, 0.3) is 22.3 Å². The highest BCUT2D eigenvalue weighted by Crippen LogP contribution is 2.40. The second-order valence-corrected chi connectivity index (χ2v) is 14.0. The molecule has 2 aliphatic heterocycles. The molecule has 55 heavy (non-hydrogen) atoms. The van der Waals surface area contributed by atoms with Gasteiger partial charge in [0.25, 0.3) is 5.56 Å². The molecular formula is C40H45N7O8. The monoisotopic (exact) mass is 751 g/mol. The number of aromatic nitrogens is 2. The van der Waals surface area contributed by atoms with E-state index in [4.69, 9.17) is 15.5 Å². The van der Waals surface area contributed by atoms with Gasteiger partial charge >= 0.3 is 5.97 Å². The summed E-state index contributed by atoms with van der Waals surface area (Å²) in [7, 11) is 0. The van der Waals surface area contributed by atoms with E-state index in [1.807, 2.05) is 68.4 Å². The van der Waals surface area contributed by atoms with Crippen LogP contribution in [0.1, 0.15) is 55.0 Å². The van der Waals surface area contributed by atoms with Crippen LogP contribution >= 0.6 is 0 Å². The summed E-state index contributed by atoms with van der Waals surface area (Å²) in [4.78, 5) is 84.5. The number of carbonyl (C=O) groups excluding carboxylic acids is 5. The fraction of sp³-hybridized carbons (Fsp3) is 0.375. The average molecular weight is 752 g/mol. The van der Waals surface area contributed by atoms with Crippen LogP contribution in [-0.2, 0) is 60.3 Å². The number of aliphatic hydroxyl groups is 1. The van der Waals surface area contributed by atoms with Crippen molar-refractivity contribution in [2.75, 3.05) is 26.2 Å². The first-order valence-corrected chi connectivity index (χ1v) is 18.3. The molecule has 0 bridgehead atoms. The van der Waals surface area contributed by atoms with Crippen molar-refractivity contribution in [3.8, 4) is 11.4 Å². The first-order chi connectivity index (χ1) is 26.4. The predicted molar refractivity (Wildman–Crippen MR) is 202 cm³/mol. The number of ether oxygens (including phenoxy) is 1. The van der Waals surface area contributed by atoms with Gasteiger partial charge < -0.3 is 41.0 Å². The summed E-state index contributed by atoms with van der Waals surface area (Å²) in [6, 6.07) is 17.1. The van der Waals surface area contributed by atoms with Gasteiger partial charge in [0, 0.05) is 35.5 Å². The number of para-hydroxylation sites is 1. The molecule has 6 rings (SSSR count). The highest BCUT2D eigenvalue weighted by Gasteiger charge is 2.45. The maximum atomic E-state index is 13.8. The molecule has 0 radical (unpaired) electrons. The van der Waals surface area contributed by atoms with Gasteiger partial charge in [0.15, 0.2) is 5.60 Å². The molecule has 2 aromatic carbocycles. The quantitative estimate of drug-likeness (QED) is 0.101. The van der Waals surface area contributed by atoms with E-state index in [1.165, 1.54) is 0 Å². The summed E-state index contributed by atoms with van der Waals surface area (Å²) in [6.07, 6.45) is 0.580. The molecule has 0 saturated heterocycles. The standard InChI is InChI=1S/C40H45N7O8/c1-4-40(54)29-17-32-36-27(21-47(32)38(52)28(29)22-55-39(40)53)25(26-12-8-9-13-30(26)45-36)14-15-46(23(2)3)35(50)20-43-37(51)31(16-24-10-6-5-7-11-24)44-34(49)19-42-33(48)18-41/h5-13,17,23,31,54H,4,14-16,18-22,41H2,1-3H3,(H,42,48)(H,43,51)(H,44,49)/t31-,40-/m0/s1. The van der Waals surface area contributed by atoms with Crippen molar-refractivity contribution < 1.29 is 33.8 Å². The highest BCUT2D eigenvalue weighted by atomic mass is 16.6. The Morgan fingerprint density at radius 2 is 1.73 bits per heavy atom. The number of esters is 1.